The van der Waals surface area contributed by atoms with Crippen molar-refractivity contribution in [1.82, 2.24) is 0 Å². The van der Waals surface area contributed by atoms with Crippen LogP contribution in [0, 0.1) is 39.7 Å². The molecule has 1 N–H and O–H groups in total. The molecule has 6 nitrogen and oxygen atoms in total. The van der Waals surface area contributed by atoms with Crippen LogP contribution in [0.5, 0.6) is 0 Å². The Bertz CT molecular complexity index is 613. The molecule has 0 aromatic heterocycles. The number of anilines is 1. The first-order valence-corrected chi connectivity index (χ1v) is 6.36. The van der Waals surface area contributed by atoms with E-state index in [0.717, 1.165) is 5.56 Å². The van der Waals surface area contributed by atoms with Crippen LogP contribution in [0.25, 0.3) is 0 Å². The number of amides is 1. The summed E-state index contributed by atoms with van der Waals surface area (Å²) in [6.45, 7) is 3.75. The van der Waals surface area contributed by atoms with Crippen molar-refractivity contribution in [2.45, 2.75) is 26.7 Å². The molecule has 1 aliphatic carbocycles. The van der Waals surface area contributed by atoms with E-state index in [1.54, 1.807) is 19.1 Å². The smallest absolute Gasteiger partial charge is 0.292 e. The summed E-state index contributed by atoms with van der Waals surface area (Å²) in [6, 6.07) is 6.56. The first-order chi connectivity index (χ1) is 9.38. The predicted octanol–water partition coefficient (Wildman–Crippen LogP) is 2.78. The minimum atomic E-state index is -1.04. The second-order valence-corrected chi connectivity index (χ2v) is 5.44. The lowest BCUT2D eigenvalue weighted by Gasteiger charge is -2.39. The van der Waals surface area contributed by atoms with Crippen LogP contribution in [0.2, 0.25) is 0 Å². The monoisotopic (exact) mass is 273 g/mol. The van der Waals surface area contributed by atoms with Gasteiger partial charge in [-0.2, -0.15) is 5.26 Å². The molecule has 0 radical (unpaired) electrons. The molecular formula is C14H15N3O3. The van der Waals surface area contributed by atoms with Gasteiger partial charge in [-0.25, -0.2) is 0 Å². The Labute approximate surface area is 116 Å². The van der Waals surface area contributed by atoms with Crippen LogP contribution >= 0.6 is 0 Å². The number of carbonyl (C=O) groups excluding carboxylic acids is 1. The van der Waals surface area contributed by atoms with E-state index < -0.39 is 16.2 Å². The molecule has 6 heteroatoms. The van der Waals surface area contributed by atoms with Gasteiger partial charge in [0.25, 0.3) is 5.69 Å². The second-order valence-electron chi connectivity index (χ2n) is 5.44. The largest absolute Gasteiger partial charge is 0.319 e. The SMILES string of the molecule is Cc1ccc([N+](=O)[O-])c(NC(=O)C2(C#N)CC(C)C2)c1. The van der Waals surface area contributed by atoms with Crippen molar-refractivity contribution >= 4 is 17.3 Å². The summed E-state index contributed by atoms with van der Waals surface area (Å²) in [5.41, 5.74) is -0.255. The molecule has 2 rings (SSSR count). The fourth-order valence-electron chi connectivity index (χ4n) is 2.61. The van der Waals surface area contributed by atoms with Gasteiger partial charge < -0.3 is 5.32 Å². The molecule has 0 saturated heterocycles. The first kappa shape index (κ1) is 14.0. The van der Waals surface area contributed by atoms with Crippen molar-refractivity contribution in [3.8, 4) is 6.07 Å². The molecule has 1 aromatic rings. The maximum absolute atomic E-state index is 12.2. The minimum absolute atomic E-state index is 0.147. The molecule has 0 atom stereocenters. The Hall–Kier alpha value is -2.42. The summed E-state index contributed by atoms with van der Waals surface area (Å²) in [7, 11) is 0. The van der Waals surface area contributed by atoms with Crippen LogP contribution in [-0.2, 0) is 4.79 Å². The maximum Gasteiger partial charge on any atom is 0.292 e. The van der Waals surface area contributed by atoms with E-state index in [2.05, 4.69) is 5.32 Å². The predicted molar refractivity (Wildman–Crippen MR) is 72.9 cm³/mol. The molecule has 0 aliphatic heterocycles. The van der Waals surface area contributed by atoms with Crippen LogP contribution in [0.1, 0.15) is 25.3 Å². The van der Waals surface area contributed by atoms with Crippen molar-refractivity contribution in [2.75, 3.05) is 5.32 Å². The number of nitrogens with one attached hydrogen (secondary N) is 1. The van der Waals surface area contributed by atoms with E-state index in [4.69, 9.17) is 0 Å². The van der Waals surface area contributed by atoms with E-state index in [1.807, 2.05) is 13.0 Å². The lowest BCUT2D eigenvalue weighted by molar-refractivity contribution is -0.383. The Balaban J connectivity index is 2.26. The number of rotatable bonds is 3. The van der Waals surface area contributed by atoms with Gasteiger partial charge in [-0.3, -0.25) is 14.9 Å². The lowest BCUT2D eigenvalue weighted by atomic mass is 9.63. The lowest BCUT2D eigenvalue weighted by Crippen LogP contribution is -2.45. The average molecular weight is 273 g/mol. The molecule has 20 heavy (non-hydrogen) atoms. The molecule has 1 amide bonds. The number of hydrogen-bond acceptors (Lipinski definition) is 4. The number of nitro groups is 1. The fraction of sp³-hybridized carbons (Fsp3) is 0.429. The van der Waals surface area contributed by atoms with E-state index in [-0.39, 0.29) is 11.4 Å². The Morgan fingerprint density at radius 3 is 2.70 bits per heavy atom. The van der Waals surface area contributed by atoms with Gasteiger partial charge in [0, 0.05) is 6.07 Å². The molecule has 0 unspecified atom stereocenters. The van der Waals surface area contributed by atoms with Crippen LogP contribution in [0.3, 0.4) is 0 Å². The maximum atomic E-state index is 12.2. The van der Waals surface area contributed by atoms with Crippen molar-refractivity contribution in [2.24, 2.45) is 11.3 Å². The highest BCUT2D eigenvalue weighted by atomic mass is 16.6. The number of benzene rings is 1. The van der Waals surface area contributed by atoms with Gasteiger partial charge in [-0.15, -0.1) is 0 Å². The Morgan fingerprint density at radius 1 is 1.55 bits per heavy atom. The normalized spacial score (nSPS) is 24.4. The molecule has 1 aliphatic rings. The minimum Gasteiger partial charge on any atom is -0.319 e. The fourth-order valence-corrected chi connectivity index (χ4v) is 2.61. The van der Waals surface area contributed by atoms with Gasteiger partial charge in [-0.1, -0.05) is 13.0 Å². The number of nitro benzene ring substituents is 1. The number of aryl methyl sites for hydroxylation is 1. The Morgan fingerprint density at radius 2 is 2.20 bits per heavy atom. The number of hydrogen-bond donors (Lipinski definition) is 1. The van der Waals surface area contributed by atoms with Crippen LogP contribution in [0.4, 0.5) is 11.4 Å². The average Bonchev–Trinajstić information content (AvgIpc) is 2.34. The van der Waals surface area contributed by atoms with Crippen molar-refractivity contribution < 1.29 is 9.72 Å². The molecule has 1 aromatic carbocycles. The summed E-state index contributed by atoms with van der Waals surface area (Å²) in [4.78, 5) is 22.6. The van der Waals surface area contributed by atoms with Crippen molar-refractivity contribution in [3.05, 3.63) is 33.9 Å². The summed E-state index contributed by atoms with van der Waals surface area (Å²) in [5, 5.41) is 22.7. The number of carbonyl (C=O) groups is 1. The van der Waals surface area contributed by atoms with Crippen molar-refractivity contribution in [3.63, 3.8) is 0 Å². The third-order valence-corrected chi connectivity index (χ3v) is 3.64. The third-order valence-electron chi connectivity index (χ3n) is 3.64. The Kier molecular flexibility index (Phi) is 3.45. The molecule has 1 saturated carbocycles. The van der Waals surface area contributed by atoms with Crippen LogP contribution < -0.4 is 5.32 Å². The molecule has 104 valence electrons. The third kappa shape index (κ3) is 2.35. The standard InChI is InChI=1S/C14H15N3O3/c1-9-3-4-12(17(19)20)11(5-9)16-13(18)14(8-15)6-10(2)7-14/h3-5,10H,6-7H2,1-2H3,(H,16,18). The quantitative estimate of drug-likeness (QED) is 0.676. The highest BCUT2D eigenvalue weighted by molar-refractivity contribution is 5.99. The van der Waals surface area contributed by atoms with Crippen LogP contribution in [-0.4, -0.2) is 10.8 Å². The zero-order valence-electron chi connectivity index (χ0n) is 11.3. The van der Waals surface area contributed by atoms with Gasteiger partial charge in [0.15, 0.2) is 0 Å². The summed E-state index contributed by atoms with van der Waals surface area (Å²) >= 11 is 0. The molecule has 0 bridgehead atoms. The van der Waals surface area contributed by atoms with E-state index in [9.17, 15) is 20.2 Å². The molecule has 0 heterocycles. The zero-order chi connectivity index (χ0) is 14.9. The number of nitrogens with zero attached hydrogens (tertiary/aromatic N) is 2. The zero-order valence-corrected chi connectivity index (χ0v) is 11.3. The highest BCUT2D eigenvalue weighted by Gasteiger charge is 2.49. The van der Waals surface area contributed by atoms with Crippen molar-refractivity contribution in [1.29, 1.82) is 5.26 Å². The topological polar surface area (TPSA) is 96.0 Å². The number of nitriles is 1. The van der Waals surface area contributed by atoms with Gasteiger partial charge in [0.05, 0.1) is 11.0 Å². The molecular weight excluding hydrogens is 258 g/mol. The first-order valence-electron chi connectivity index (χ1n) is 6.36. The summed E-state index contributed by atoms with van der Waals surface area (Å²) < 4.78 is 0. The highest BCUT2D eigenvalue weighted by Crippen LogP contribution is 2.46. The molecule has 0 spiro atoms. The summed E-state index contributed by atoms with van der Waals surface area (Å²) in [6.07, 6.45) is 0.990. The van der Waals surface area contributed by atoms with E-state index in [0.29, 0.717) is 18.8 Å². The van der Waals surface area contributed by atoms with Gasteiger partial charge in [0.1, 0.15) is 11.1 Å². The van der Waals surface area contributed by atoms with Gasteiger partial charge in [-0.05, 0) is 37.3 Å². The van der Waals surface area contributed by atoms with E-state index >= 15 is 0 Å². The van der Waals surface area contributed by atoms with Gasteiger partial charge >= 0.3 is 0 Å². The van der Waals surface area contributed by atoms with E-state index in [1.165, 1.54) is 6.07 Å². The molecule has 1 fully saturated rings. The summed E-state index contributed by atoms with van der Waals surface area (Å²) in [5.74, 6) is -0.125. The second kappa shape index (κ2) is 4.93. The van der Waals surface area contributed by atoms with Crippen LogP contribution in [0.15, 0.2) is 18.2 Å². The van der Waals surface area contributed by atoms with Gasteiger partial charge in [0.2, 0.25) is 5.91 Å².